The Balaban J connectivity index is 1.27. The summed E-state index contributed by atoms with van der Waals surface area (Å²) in [7, 11) is 1.64. The van der Waals surface area contributed by atoms with E-state index >= 15 is 0 Å². The Morgan fingerprint density at radius 1 is 1.18 bits per heavy atom. The van der Waals surface area contributed by atoms with Gasteiger partial charge >= 0.3 is 0 Å². The normalized spacial score (nSPS) is 13.2. The van der Waals surface area contributed by atoms with Gasteiger partial charge in [0.2, 0.25) is 0 Å². The van der Waals surface area contributed by atoms with Crippen LogP contribution in [0.15, 0.2) is 29.6 Å². The molecule has 0 bridgehead atoms. The number of nitrogens with zero attached hydrogens (tertiary/aromatic N) is 2. The van der Waals surface area contributed by atoms with Crippen molar-refractivity contribution in [1.82, 2.24) is 15.3 Å². The fraction of sp³-hybridized carbons (Fsp3) is 0.381. The molecule has 1 aromatic carbocycles. The van der Waals surface area contributed by atoms with E-state index in [1.165, 1.54) is 46.2 Å². The molecule has 1 aliphatic rings. The molecular formula is C21H23N3O2S2. The van der Waals surface area contributed by atoms with E-state index in [0.29, 0.717) is 12.2 Å². The second-order valence-corrected chi connectivity index (χ2v) is 8.84. The van der Waals surface area contributed by atoms with Crippen LogP contribution in [0.2, 0.25) is 0 Å². The maximum Gasteiger partial charge on any atom is 0.270 e. The Morgan fingerprint density at radius 3 is 2.79 bits per heavy atom. The molecule has 0 saturated heterocycles. The zero-order valence-electron chi connectivity index (χ0n) is 15.9. The van der Waals surface area contributed by atoms with Crippen LogP contribution in [0.1, 0.15) is 45.3 Å². The molecule has 28 heavy (non-hydrogen) atoms. The number of hydrogen-bond donors (Lipinski definition) is 1. The van der Waals surface area contributed by atoms with Gasteiger partial charge in [-0.3, -0.25) is 4.79 Å². The van der Waals surface area contributed by atoms with Crippen LogP contribution in [-0.4, -0.2) is 29.5 Å². The Labute approximate surface area is 172 Å². The van der Waals surface area contributed by atoms with Crippen molar-refractivity contribution < 1.29 is 9.53 Å². The van der Waals surface area contributed by atoms with Crippen molar-refractivity contribution in [1.29, 1.82) is 0 Å². The molecule has 0 atom stereocenters. The lowest BCUT2D eigenvalue weighted by Gasteiger charge is -2.06. The third kappa shape index (κ3) is 4.42. The second-order valence-electron chi connectivity index (χ2n) is 6.81. The van der Waals surface area contributed by atoms with Gasteiger partial charge in [-0.2, -0.15) is 0 Å². The predicted octanol–water partition coefficient (Wildman–Crippen LogP) is 4.52. The number of aromatic nitrogens is 2. The van der Waals surface area contributed by atoms with E-state index in [0.717, 1.165) is 35.6 Å². The molecule has 1 N–H and O–H groups in total. The van der Waals surface area contributed by atoms with Crippen LogP contribution >= 0.6 is 22.7 Å². The van der Waals surface area contributed by atoms with E-state index in [1.807, 2.05) is 41.0 Å². The second kappa shape index (κ2) is 8.84. The number of carbonyl (C=O) groups is 1. The Hall–Kier alpha value is -2.25. The smallest absolute Gasteiger partial charge is 0.270 e. The van der Waals surface area contributed by atoms with E-state index in [9.17, 15) is 4.79 Å². The lowest BCUT2D eigenvalue weighted by atomic mass is 10.0. The molecule has 0 fully saturated rings. The van der Waals surface area contributed by atoms with Crippen LogP contribution in [0.4, 0.5) is 0 Å². The molecule has 7 heteroatoms. The lowest BCUT2D eigenvalue weighted by molar-refractivity contribution is 0.0949. The summed E-state index contributed by atoms with van der Waals surface area (Å²) in [6, 6.07) is 7.69. The number of fused-ring (bicyclic) bond motifs is 1. The summed E-state index contributed by atoms with van der Waals surface area (Å²) in [6.45, 7) is 0.637. The van der Waals surface area contributed by atoms with Gasteiger partial charge in [0.1, 0.15) is 16.5 Å². The van der Waals surface area contributed by atoms with E-state index in [2.05, 4.69) is 10.3 Å². The molecule has 2 heterocycles. The highest BCUT2D eigenvalue weighted by atomic mass is 32.1. The Kier molecular flexibility index (Phi) is 6.02. The van der Waals surface area contributed by atoms with E-state index in [4.69, 9.17) is 9.72 Å². The average molecular weight is 414 g/mol. The molecule has 0 aliphatic heterocycles. The quantitative estimate of drug-likeness (QED) is 0.579. The van der Waals surface area contributed by atoms with Crippen LogP contribution in [0, 0.1) is 0 Å². The molecule has 1 aliphatic carbocycles. The third-order valence-electron chi connectivity index (χ3n) is 4.82. The number of nitrogens with one attached hydrogen (secondary N) is 1. The van der Waals surface area contributed by atoms with Gasteiger partial charge in [0.05, 0.1) is 17.8 Å². The molecule has 4 rings (SSSR count). The zero-order chi connectivity index (χ0) is 19.3. The number of benzene rings is 1. The number of hydrogen-bond acceptors (Lipinski definition) is 6. The first-order chi connectivity index (χ1) is 13.7. The van der Waals surface area contributed by atoms with E-state index < -0.39 is 0 Å². The topological polar surface area (TPSA) is 64.1 Å². The first-order valence-corrected chi connectivity index (χ1v) is 11.3. The van der Waals surface area contributed by atoms with Crippen LogP contribution in [0.5, 0.6) is 5.75 Å². The molecule has 146 valence electrons. The molecule has 3 aromatic rings. The number of rotatable bonds is 7. The molecule has 0 saturated carbocycles. The fourth-order valence-corrected chi connectivity index (χ4v) is 5.29. The summed E-state index contributed by atoms with van der Waals surface area (Å²) < 4.78 is 5.17. The Bertz CT molecular complexity index is 923. The van der Waals surface area contributed by atoms with Gasteiger partial charge in [0, 0.05) is 28.8 Å². The number of aryl methyl sites for hydroxylation is 3. The third-order valence-corrected chi connectivity index (χ3v) is 6.93. The minimum Gasteiger partial charge on any atom is -0.497 e. The van der Waals surface area contributed by atoms with Crippen molar-refractivity contribution in [3.05, 3.63) is 50.9 Å². The SMILES string of the molecule is COc1ccc(-c2nc(C(=O)NCCCc3nc4c(s3)CCCC4)cs2)cc1. The summed E-state index contributed by atoms with van der Waals surface area (Å²) in [5.41, 5.74) is 2.77. The highest BCUT2D eigenvalue weighted by molar-refractivity contribution is 7.13. The molecular weight excluding hydrogens is 390 g/mol. The largest absolute Gasteiger partial charge is 0.497 e. The monoisotopic (exact) mass is 413 g/mol. The van der Waals surface area contributed by atoms with Crippen LogP contribution in [0.25, 0.3) is 10.6 Å². The van der Waals surface area contributed by atoms with Crippen molar-refractivity contribution in [3.8, 4) is 16.3 Å². The van der Waals surface area contributed by atoms with Crippen molar-refractivity contribution in [3.63, 3.8) is 0 Å². The predicted molar refractivity (Wildman–Crippen MR) is 114 cm³/mol. The van der Waals surface area contributed by atoms with Crippen LogP contribution < -0.4 is 10.1 Å². The minimum absolute atomic E-state index is 0.116. The summed E-state index contributed by atoms with van der Waals surface area (Å²) in [5.74, 6) is 0.689. The molecule has 0 radical (unpaired) electrons. The minimum atomic E-state index is -0.116. The van der Waals surface area contributed by atoms with Gasteiger partial charge in [-0.1, -0.05) is 0 Å². The van der Waals surface area contributed by atoms with Crippen molar-refractivity contribution in [2.75, 3.05) is 13.7 Å². The fourth-order valence-electron chi connectivity index (χ4n) is 3.29. The van der Waals surface area contributed by atoms with Gasteiger partial charge in [-0.05, 0) is 56.4 Å². The van der Waals surface area contributed by atoms with Gasteiger partial charge in [-0.25, -0.2) is 9.97 Å². The van der Waals surface area contributed by atoms with Crippen LogP contribution in [0.3, 0.4) is 0 Å². The molecule has 2 aromatic heterocycles. The van der Waals surface area contributed by atoms with E-state index in [1.54, 1.807) is 7.11 Å². The maximum absolute atomic E-state index is 12.4. The van der Waals surface area contributed by atoms with Crippen molar-refractivity contribution >= 4 is 28.6 Å². The van der Waals surface area contributed by atoms with Crippen molar-refractivity contribution in [2.45, 2.75) is 38.5 Å². The highest BCUT2D eigenvalue weighted by Gasteiger charge is 2.15. The van der Waals surface area contributed by atoms with Gasteiger partial charge in [-0.15, -0.1) is 22.7 Å². The molecule has 0 unspecified atom stereocenters. The summed E-state index contributed by atoms with van der Waals surface area (Å²) in [5, 5.41) is 6.82. The van der Waals surface area contributed by atoms with Gasteiger partial charge in [0.25, 0.3) is 5.91 Å². The maximum atomic E-state index is 12.4. The molecule has 1 amide bonds. The number of methoxy groups -OCH3 is 1. The summed E-state index contributed by atoms with van der Waals surface area (Å²) in [6.07, 6.45) is 6.68. The number of carbonyl (C=O) groups excluding carboxylic acids is 1. The molecule has 5 nitrogen and oxygen atoms in total. The van der Waals surface area contributed by atoms with Gasteiger partial charge in [0.15, 0.2) is 0 Å². The van der Waals surface area contributed by atoms with E-state index in [-0.39, 0.29) is 5.91 Å². The number of amides is 1. The van der Waals surface area contributed by atoms with Crippen LogP contribution in [-0.2, 0) is 19.3 Å². The first kappa shape index (κ1) is 19.1. The highest BCUT2D eigenvalue weighted by Crippen LogP contribution is 2.27. The average Bonchev–Trinajstić information content (AvgIpc) is 3.38. The Morgan fingerprint density at radius 2 is 2.00 bits per heavy atom. The summed E-state index contributed by atoms with van der Waals surface area (Å²) in [4.78, 5) is 23.1. The standard InChI is InChI=1S/C21H23N3O2S2/c1-26-15-10-8-14(9-11-15)21-24-17(13-27-21)20(25)22-12-4-7-19-23-16-5-2-3-6-18(16)28-19/h8-11,13H,2-7,12H2,1H3,(H,22,25). The lowest BCUT2D eigenvalue weighted by Crippen LogP contribution is -2.25. The number of thiazole rings is 2. The zero-order valence-corrected chi connectivity index (χ0v) is 17.5. The van der Waals surface area contributed by atoms with Crippen molar-refractivity contribution in [2.24, 2.45) is 0 Å². The number of ether oxygens (including phenoxy) is 1. The molecule has 0 spiro atoms. The first-order valence-electron chi connectivity index (χ1n) is 9.58. The summed E-state index contributed by atoms with van der Waals surface area (Å²) >= 11 is 3.33. The van der Waals surface area contributed by atoms with Gasteiger partial charge < -0.3 is 10.1 Å².